The standard InChI is InChI=1S/C16H19NO2/c1-19-16(18)15(11-6-3-2-4-7-11)17-14-10-12-8-5-9-13(12)14/h2-7,9,12-15,17H,8,10H2,1H3. The van der Waals surface area contributed by atoms with Crippen molar-refractivity contribution in [3.63, 3.8) is 0 Å². The first-order valence-electron chi connectivity index (χ1n) is 6.85. The SMILES string of the molecule is COC(=O)C(NC1CC2CC=CC21)c1ccccc1. The van der Waals surface area contributed by atoms with E-state index in [4.69, 9.17) is 4.74 Å². The average molecular weight is 257 g/mol. The van der Waals surface area contributed by atoms with Crippen molar-refractivity contribution >= 4 is 5.97 Å². The molecule has 0 aromatic heterocycles. The van der Waals surface area contributed by atoms with E-state index in [9.17, 15) is 4.79 Å². The van der Waals surface area contributed by atoms with Crippen molar-refractivity contribution in [2.75, 3.05) is 7.11 Å². The third kappa shape index (κ3) is 2.30. The zero-order valence-corrected chi connectivity index (χ0v) is 11.1. The highest BCUT2D eigenvalue weighted by atomic mass is 16.5. The summed E-state index contributed by atoms with van der Waals surface area (Å²) in [4.78, 5) is 12.0. The summed E-state index contributed by atoms with van der Waals surface area (Å²) >= 11 is 0. The molecule has 0 bridgehead atoms. The van der Waals surface area contributed by atoms with Gasteiger partial charge in [-0.2, -0.15) is 0 Å². The minimum Gasteiger partial charge on any atom is -0.468 e. The van der Waals surface area contributed by atoms with Gasteiger partial charge in [-0.1, -0.05) is 42.5 Å². The molecule has 19 heavy (non-hydrogen) atoms. The van der Waals surface area contributed by atoms with E-state index >= 15 is 0 Å². The third-order valence-electron chi connectivity index (χ3n) is 4.31. The van der Waals surface area contributed by atoms with Crippen molar-refractivity contribution in [3.05, 3.63) is 48.0 Å². The second-order valence-corrected chi connectivity index (χ2v) is 5.38. The molecule has 0 amide bonds. The van der Waals surface area contributed by atoms with Gasteiger partial charge in [0.25, 0.3) is 0 Å². The lowest BCUT2D eigenvalue weighted by atomic mass is 9.71. The minimum absolute atomic E-state index is 0.211. The molecule has 0 heterocycles. The van der Waals surface area contributed by atoms with Gasteiger partial charge < -0.3 is 4.74 Å². The topological polar surface area (TPSA) is 38.3 Å². The van der Waals surface area contributed by atoms with E-state index < -0.39 is 0 Å². The Morgan fingerprint density at radius 2 is 2.16 bits per heavy atom. The number of hydrogen-bond acceptors (Lipinski definition) is 3. The van der Waals surface area contributed by atoms with Crippen molar-refractivity contribution in [2.24, 2.45) is 11.8 Å². The van der Waals surface area contributed by atoms with Crippen molar-refractivity contribution in [1.82, 2.24) is 5.32 Å². The fourth-order valence-electron chi connectivity index (χ4n) is 3.19. The molecule has 1 aromatic carbocycles. The Bertz CT molecular complexity index is 483. The van der Waals surface area contributed by atoms with Crippen LogP contribution >= 0.6 is 0 Å². The van der Waals surface area contributed by atoms with Crippen LogP contribution in [0.15, 0.2) is 42.5 Å². The van der Waals surface area contributed by atoms with Gasteiger partial charge in [-0.05, 0) is 30.2 Å². The van der Waals surface area contributed by atoms with Crippen molar-refractivity contribution in [3.8, 4) is 0 Å². The number of esters is 1. The summed E-state index contributed by atoms with van der Waals surface area (Å²) in [7, 11) is 1.44. The van der Waals surface area contributed by atoms with Crippen molar-refractivity contribution in [1.29, 1.82) is 0 Å². The van der Waals surface area contributed by atoms with Crippen molar-refractivity contribution in [2.45, 2.75) is 24.9 Å². The largest absolute Gasteiger partial charge is 0.468 e. The molecule has 3 rings (SSSR count). The number of nitrogens with one attached hydrogen (secondary N) is 1. The molecule has 2 aliphatic rings. The molecule has 1 saturated carbocycles. The Kier molecular flexibility index (Phi) is 3.38. The van der Waals surface area contributed by atoms with Gasteiger partial charge in [0.2, 0.25) is 0 Å². The lowest BCUT2D eigenvalue weighted by molar-refractivity contribution is -0.144. The van der Waals surface area contributed by atoms with E-state index in [1.165, 1.54) is 13.5 Å². The molecular formula is C16H19NO2. The fraction of sp³-hybridized carbons (Fsp3) is 0.438. The monoisotopic (exact) mass is 257 g/mol. The highest BCUT2D eigenvalue weighted by Crippen LogP contribution is 2.43. The molecule has 1 aromatic rings. The van der Waals surface area contributed by atoms with Gasteiger partial charge in [-0.15, -0.1) is 0 Å². The normalized spacial score (nSPS) is 29.4. The Morgan fingerprint density at radius 3 is 2.84 bits per heavy atom. The van der Waals surface area contributed by atoms with Crippen LogP contribution in [0, 0.1) is 11.8 Å². The number of methoxy groups -OCH3 is 1. The van der Waals surface area contributed by atoms with Gasteiger partial charge in [0.15, 0.2) is 0 Å². The van der Waals surface area contributed by atoms with E-state index in [2.05, 4.69) is 17.5 Å². The van der Waals surface area contributed by atoms with Crippen LogP contribution in [0.5, 0.6) is 0 Å². The Balaban J connectivity index is 1.73. The molecule has 100 valence electrons. The molecule has 4 unspecified atom stereocenters. The molecule has 2 aliphatic carbocycles. The number of carbonyl (C=O) groups is 1. The van der Waals surface area contributed by atoms with Gasteiger partial charge >= 0.3 is 5.97 Å². The minimum atomic E-state index is -0.355. The number of hydrogen-bond donors (Lipinski definition) is 1. The quantitative estimate of drug-likeness (QED) is 0.665. The smallest absolute Gasteiger partial charge is 0.327 e. The van der Waals surface area contributed by atoms with Crippen LogP contribution in [0.1, 0.15) is 24.4 Å². The lowest BCUT2D eigenvalue weighted by Gasteiger charge is -2.42. The summed E-state index contributed by atoms with van der Waals surface area (Å²) in [5, 5.41) is 3.47. The van der Waals surface area contributed by atoms with E-state index in [0.717, 1.165) is 17.9 Å². The highest BCUT2D eigenvalue weighted by Gasteiger charge is 2.42. The Morgan fingerprint density at radius 1 is 1.37 bits per heavy atom. The van der Waals surface area contributed by atoms with E-state index in [1.807, 2.05) is 30.3 Å². The molecule has 0 spiro atoms. The molecule has 4 atom stereocenters. The summed E-state index contributed by atoms with van der Waals surface area (Å²) < 4.78 is 4.93. The lowest BCUT2D eigenvalue weighted by Crippen LogP contribution is -2.50. The first-order valence-corrected chi connectivity index (χ1v) is 6.85. The number of allylic oxidation sites excluding steroid dienone is 1. The second kappa shape index (κ2) is 5.17. The average Bonchev–Trinajstić information content (AvgIpc) is 2.81. The number of rotatable bonds is 4. The molecule has 3 nitrogen and oxygen atoms in total. The maximum Gasteiger partial charge on any atom is 0.327 e. The predicted molar refractivity (Wildman–Crippen MR) is 73.5 cm³/mol. The summed E-state index contributed by atoms with van der Waals surface area (Å²) in [6.45, 7) is 0. The third-order valence-corrected chi connectivity index (χ3v) is 4.31. The highest BCUT2D eigenvalue weighted by molar-refractivity contribution is 5.77. The van der Waals surface area contributed by atoms with Gasteiger partial charge in [0.05, 0.1) is 7.11 Å². The van der Waals surface area contributed by atoms with E-state index in [-0.39, 0.29) is 12.0 Å². The number of ether oxygens (including phenoxy) is 1. The molecule has 1 fully saturated rings. The zero-order chi connectivity index (χ0) is 13.2. The van der Waals surface area contributed by atoms with Crippen LogP contribution in [-0.4, -0.2) is 19.1 Å². The molecule has 0 saturated heterocycles. The summed E-state index contributed by atoms with van der Waals surface area (Å²) in [6.07, 6.45) is 6.88. The summed E-state index contributed by atoms with van der Waals surface area (Å²) in [5.41, 5.74) is 0.972. The zero-order valence-electron chi connectivity index (χ0n) is 11.1. The first kappa shape index (κ1) is 12.4. The van der Waals surface area contributed by atoms with Crippen LogP contribution in [0.25, 0.3) is 0 Å². The molecule has 0 radical (unpaired) electrons. The second-order valence-electron chi connectivity index (χ2n) is 5.38. The Hall–Kier alpha value is -1.61. The maximum absolute atomic E-state index is 12.0. The van der Waals surface area contributed by atoms with Crippen LogP contribution in [0.4, 0.5) is 0 Å². The maximum atomic E-state index is 12.0. The van der Waals surface area contributed by atoms with Crippen LogP contribution in [-0.2, 0) is 9.53 Å². The van der Waals surface area contributed by atoms with Gasteiger partial charge in [0.1, 0.15) is 6.04 Å². The molecule has 3 heteroatoms. The first-order chi connectivity index (χ1) is 9.29. The summed E-state index contributed by atoms with van der Waals surface area (Å²) in [5.74, 6) is 1.17. The molecule has 1 N–H and O–H groups in total. The molecule has 0 aliphatic heterocycles. The van der Waals surface area contributed by atoms with E-state index in [1.54, 1.807) is 0 Å². The number of fused-ring (bicyclic) bond motifs is 1. The van der Waals surface area contributed by atoms with E-state index in [0.29, 0.717) is 12.0 Å². The van der Waals surface area contributed by atoms with Gasteiger partial charge in [0, 0.05) is 6.04 Å². The van der Waals surface area contributed by atoms with Gasteiger partial charge in [-0.3, -0.25) is 5.32 Å². The van der Waals surface area contributed by atoms with Crippen LogP contribution in [0.3, 0.4) is 0 Å². The van der Waals surface area contributed by atoms with Gasteiger partial charge in [-0.25, -0.2) is 4.79 Å². The Labute approximate surface area is 113 Å². The summed E-state index contributed by atoms with van der Waals surface area (Å²) in [6, 6.07) is 9.83. The van der Waals surface area contributed by atoms with Crippen LogP contribution < -0.4 is 5.32 Å². The van der Waals surface area contributed by atoms with Crippen molar-refractivity contribution < 1.29 is 9.53 Å². The molecular weight excluding hydrogens is 238 g/mol. The van der Waals surface area contributed by atoms with Crippen LogP contribution in [0.2, 0.25) is 0 Å². The number of benzene rings is 1. The fourth-order valence-corrected chi connectivity index (χ4v) is 3.19. The number of carbonyl (C=O) groups excluding carboxylic acids is 1. The predicted octanol–water partition coefficient (Wildman–Crippen LogP) is 2.45.